The number of rotatable bonds is 2. The van der Waals surface area contributed by atoms with Crippen molar-refractivity contribution < 1.29 is 13.9 Å². The van der Waals surface area contributed by atoms with E-state index >= 15 is 0 Å². The molecule has 0 aliphatic carbocycles. The summed E-state index contributed by atoms with van der Waals surface area (Å²) in [5, 5.41) is 2.93. The zero-order chi connectivity index (χ0) is 14.8. The van der Waals surface area contributed by atoms with Crippen LogP contribution >= 0.6 is 0 Å². The number of halogens is 1. The lowest BCUT2D eigenvalue weighted by molar-refractivity contribution is 0.181. The highest BCUT2D eigenvalue weighted by atomic mass is 19.1. The van der Waals surface area contributed by atoms with Gasteiger partial charge in [-0.15, -0.1) is 0 Å². The molecule has 4 nitrogen and oxygen atoms in total. The molecule has 1 aromatic rings. The Hall–Kier alpha value is -1.78. The van der Waals surface area contributed by atoms with Gasteiger partial charge in [-0.25, -0.2) is 9.18 Å². The van der Waals surface area contributed by atoms with Crippen LogP contribution in [0.2, 0.25) is 0 Å². The van der Waals surface area contributed by atoms with Crippen LogP contribution in [0.25, 0.3) is 0 Å². The van der Waals surface area contributed by atoms with E-state index in [1.54, 1.807) is 17.0 Å². The Bertz CT molecular complexity index is 468. The molecule has 1 N–H and O–H groups in total. The molecule has 1 heterocycles. The maximum absolute atomic E-state index is 12.8. The number of likely N-dealkylation sites (tertiary alicyclic amines) is 1. The van der Waals surface area contributed by atoms with Gasteiger partial charge >= 0.3 is 6.03 Å². The van der Waals surface area contributed by atoms with Crippen molar-refractivity contribution in [2.45, 2.75) is 38.8 Å². The van der Waals surface area contributed by atoms with E-state index in [2.05, 4.69) is 5.32 Å². The van der Waals surface area contributed by atoms with Gasteiger partial charge in [0, 0.05) is 18.5 Å². The molecule has 1 unspecified atom stereocenters. The average molecular weight is 280 g/mol. The van der Waals surface area contributed by atoms with Gasteiger partial charge < -0.3 is 15.0 Å². The summed E-state index contributed by atoms with van der Waals surface area (Å²) in [6.45, 7) is 7.08. The predicted octanol–water partition coefficient (Wildman–Crippen LogP) is 2.79. The summed E-state index contributed by atoms with van der Waals surface area (Å²) < 4.78 is 18.6. The summed E-state index contributed by atoms with van der Waals surface area (Å²) in [5.74, 6) is 0.351. The summed E-state index contributed by atoms with van der Waals surface area (Å²) in [4.78, 5) is 13.8. The second-order valence-corrected chi connectivity index (χ2v) is 6.11. The highest BCUT2D eigenvalue weighted by Crippen LogP contribution is 2.19. The lowest BCUT2D eigenvalue weighted by Crippen LogP contribution is -2.48. The summed E-state index contributed by atoms with van der Waals surface area (Å²) in [7, 11) is 0. The number of hydrogen-bond acceptors (Lipinski definition) is 2. The van der Waals surface area contributed by atoms with E-state index in [0.717, 1.165) is 6.42 Å². The van der Waals surface area contributed by atoms with Crippen LogP contribution in [0, 0.1) is 5.82 Å². The molecule has 0 aromatic heterocycles. The van der Waals surface area contributed by atoms with E-state index in [1.807, 2.05) is 20.8 Å². The Morgan fingerprint density at radius 3 is 2.60 bits per heavy atom. The van der Waals surface area contributed by atoms with Gasteiger partial charge in [-0.3, -0.25) is 0 Å². The number of urea groups is 1. The van der Waals surface area contributed by atoms with Crippen molar-refractivity contribution in [1.82, 2.24) is 10.2 Å². The van der Waals surface area contributed by atoms with Crippen LogP contribution in [0.5, 0.6) is 5.75 Å². The molecule has 1 saturated heterocycles. The molecule has 1 aliphatic rings. The van der Waals surface area contributed by atoms with Gasteiger partial charge in [-0.2, -0.15) is 0 Å². The number of hydrogen-bond donors (Lipinski definition) is 1. The second kappa shape index (κ2) is 5.69. The van der Waals surface area contributed by atoms with Crippen molar-refractivity contribution in [3.05, 3.63) is 30.1 Å². The van der Waals surface area contributed by atoms with Crippen LogP contribution in [0.1, 0.15) is 27.2 Å². The smallest absolute Gasteiger partial charge is 0.317 e. The fourth-order valence-corrected chi connectivity index (χ4v) is 2.11. The second-order valence-electron chi connectivity index (χ2n) is 6.11. The van der Waals surface area contributed by atoms with Gasteiger partial charge in [0.1, 0.15) is 17.7 Å². The third-order valence-corrected chi connectivity index (χ3v) is 3.03. The van der Waals surface area contributed by atoms with Crippen LogP contribution in [0.4, 0.5) is 9.18 Å². The number of amides is 2. The minimum Gasteiger partial charge on any atom is -0.489 e. The normalized spacial score (nSPS) is 19.0. The van der Waals surface area contributed by atoms with E-state index < -0.39 is 0 Å². The molecule has 1 atom stereocenters. The third-order valence-electron chi connectivity index (χ3n) is 3.03. The Morgan fingerprint density at radius 1 is 1.35 bits per heavy atom. The third kappa shape index (κ3) is 4.11. The highest BCUT2D eigenvalue weighted by Gasteiger charge is 2.29. The molecule has 2 rings (SSSR count). The molecule has 20 heavy (non-hydrogen) atoms. The molecule has 110 valence electrons. The number of benzene rings is 1. The van der Waals surface area contributed by atoms with Crippen molar-refractivity contribution in [2.24, 2.45) is 0 Å². The maximum Gasteiger partial charge on any atom is 0.317 e. The molecule has 1 aromatic carbocycles. The summed E-state index contributed by atoms with van der Waals surface area (Å²) in [6.07, 6.45) is 0.751. The Morgan fingerprint density at radius 2 is 2.00 bits per heavy atom. The average Bonchev–Trinajstić information content (AvgIpc) is 2.79. The van der Waals surface area contributed by atoms with Crippen molar-refractivity contribution >= 4 is 6.03 Å². The molecule has 0 saturated carbocycles. The maximum atomic E-state index is 12.8. The highest BCUT2D eigenvalue weighted by molar-refractivity contribution is 5.75. The lowest BCUT2D eigenvalue weighted by Gasteiger charge is -2.25. The fraction of sp³-hybridized carbons (Fsp3) is 0.533. The molecule has 0 bridgehead atoms. The summed E-state index contributed by atoms with van der Waals surface area (Å²) in [5.41, 5.74) is -0.243. The first-order valence-corrected chi connectivity index (χ1v) is 6.83. The fourth-order valence-electron chi connectivity index (χ4n) is 2.11. The van der Waals surface area contributed by atoms with E-state index in [1.165, 1.54) is 12.1 Å². The minimum atomic E-state index is -0.282. The first-order chi connectivity index (χ1) is 9.33. The SMILES string of the molecule is CC(C)(C)NC(=O)N1CCC(Oc2ccc(F)cc2)C1. The zero-order valence-corrected chi connectivity index (χ0v) is 12.1. The molecule has 0 radical (unpaired) electrons. The van der Waals surface area contributed by atoms with Gasteiger partial charge in [-0.05, 0) is 45.0 Å². The zero-order valence-electron chi connectivity index (χ0n) is 12.1. The van der Waals surface area contributed by atoms with Crippen LogP contribution in [-0.4, -0.2) is 35.7 Å². The van der Waals surface area contributed by atoms with Gasteiger partial charge in [0.15, 0.2) is 0 Å². The number of carbonyl (C=O) groups excluding carboxylic acids is 1. The van der Waals surface area contributed by atoms with Crippen molar-refractivity contribution in [1.29, 1.82) is 0 Å². The van der Waals surface area contributed by atoms with Crippen molar-refractivity contribution in [3.8, 4) is 5.75 Å². The summed E-state index contributed by atoms with van der Waals surface area (Å²) in [6, 6.07) is 5.88. The Kier molecular flexibility index (Phi) is 4.16. The van der Waals surface area contributed by atoms with Gasteiger partial charge in [0.05, 0.1) is 6.54 Å². The van der Waals surface area contributed by atoms with E-state index in [0.29, 0.717) is 18.8 Å². The molecule has 2 amide bonds. The molecular formula is C15H21FN2O2. The largest absolute Gasteiger partial charge is 0.489 e. The molecular weight excluding hydrogens is 259 g/mol. The van der Waals surface area contributed by atoms with Crippen molar-refractivity contribution in [3.63, 3.8) is 0 Å². The number of nitrogens with zero attached hydrogens (tertiary/aromatic N) is 1. The topological polar surface area (TPSA) is 41.6 Å². The van der Waals surface area contributed by atoms with E-state index in [-0.39, 0.29) is 23.5 Å². The van der Waals surface area contributed by atoms with Gasteiger partial charge in [0.2, 0.25) is 0 Å². The quantitative estimate of drug-likeness (QED) is 0.905. The number of ether oxygens (including phenoxy) is 1. The Balaban J connectivity index is 1.86. The molecule has 1 aliphatic heterocycles. The van der Waals surface area contributed by atoms with Crippen LogP contribution in [-0.2, 0) is 0 Å². The van der Waals surface area contributed by atoms with Crippen LogP contribution < -0.4 is 10.1 Å². The molecule has 5 heteroatoms. The monoisotopic (exact) mass is 280 g/mol. The predicted molar refractivity (Wildman–Crippen MR) is 75.3 cm³/mol. The van der Waals surface area contributed by atoms with Crippen LogP contribution in [0.15, 0.2) is 24.3 Å². The Labute approximate surface area is 118 Å². The van der Waals surface area contributed by atoms with E-state index in [9.17, 15) is 9.18 Å². The first-order valence-electron chi connectivity index (χ1n) is 6.83. The number of nitrogens with one attached hydrogen (secondary N) is 1. The molecule has 0 spiro atoms. The minimum absolute atomic E-state index is 0.0359. The van der Waals surface area contributed by atoms with Gasteiger partial charge in [0.25, 0.3) is 0 Å². The van der Waals surface area contributed by atoms with Crippen molar-refractivity contribution in [2.75, 3.05) is 13.1 Å². The standard InChI is InChI=1S/C15H21FN2O2/c1-15(2,3)17-14(19)18-9-8-13(10-18)20-12-6-4-11(16)5-7-12/h4-7,13H,8-10H2,1-3H3,(H,17,19). The van der Waals surface area contributed by atoms with E-state index in [4.69, 9.17) is 4.74 Å². The lowest BCUT2D eigenvalue weighted by atomic mass is 10.1. The van der Waals surface area contributed by atoms with Crippen LogP contribution in [0.3, 0.4) is 0 Å². The van der Waals surface area contributed by atoms with Gasteiger partial charge in [-0.1, -0.05) is 0 Å². The first kappa shape index (κ1) is 14.6. The summed E-state index contributed by atoms with van der Waals surface area (Å²) >= 11 is 0. The number of carbonyl (C=O) groups is 1. The molecule has 1 fully saturated rings.